The van der Waals surface area contributed by atoms with Gasteiger partial charge in [-0.05, 0) is 107 Å². The van der Waals surface area contributed by atoms with Gasteiger partial charge in [0.2, 0.25) is 0 Å². The van der Waals surface area contributed by atoms with E-state index >= 15 is 0 Å². The van der Waals surface area contributed by atoms with Crippen molar-refractivity contribution in [3.05, 3.63) is 35.4 Å². The van der Waals surface area contributed by atoms with Crippen molar-refractivity contribution in [1.82, 2.24) is 0 Å². The highest BCUT2D eigenvalue weighted by Crippen LogP contribution is 2.44. The zero-order valence-corrected chi connectivity index (χ0v) is 27.2. The molecule has 8 nitrogen and oxygen atoms in total. The number of ether oxygens (including phenoxy) is 2. The second-order valence-electron chi connectivity index (χ2n) is 12.9. The summed E-state index contributed by atoms with van der Waals surface area (Å²) in [6, 6.07) is 3.95. The van der Waals surface area contributed by atoms with Crippen molar-refractivity contribution in [1.29, 1.82) is 0 Å². The molecule has 5 N–H and O–H groups in total. The van der Waals surface area contributed by atoms with E-state index in [1.54, 1.807) is 13.0 Å². The van der Waals surface area contributed by atoms with E-state index < -0.39 is 0 Å². The van der Waals surface area contributed by atoms with Gasteiger partial charge in [0, 0.05) is 24.9 Å². The Bertz CT molecular complexity index is 1090. The number of hydrogen-bond donors (Lipinski definition) is 3. The number of nitrogens with two attached hydrogens (primary N) is 2. The summed E-state index contributed by atoms with van der Waals surface area (Å²) in [6.45, 7) is 4.76. The van der Waals surface area contributed by atoms with Gasteiger partial charge in [0.15, 0.2) is 23.2 Å². The van der Waals surface area contributed by atoms with Crippen LogP contribution in [0, 0.1) is 5.92 Å². The third kappa shape index (κ3) is 12.6. The average Bonchev–Trinajstić information content (AvgIpc) is 3.52. The molecule has 2 aliphatic rings. The number of phenols is 1. The Hall–Kier alpha value is -2.87. The monoisotopic (exact) mass is 611 g/mol. The van der Waals surface area contributed by atoms with Gasteiger partial charge in [-0.1, -0.05) is 44.7 Å². The number of aliphatic imine (C=N–C) groups is 1. The van der Waals surface area contributed by atoms with Crippen molar-refractivity contribution in [2.45, 2.75) is 141 Å². The highest BCUT2D eigenvalue weighted by molar-refractivity contribution is 5.89. The lowest BCUT2D eigenvalue weighted by Crippen LogP contribution is -2.26. The molecule has 0 spiro atoms. The number of ketones is 2. The maximum Gasteiger partial charge on any atom is 0.185 e. The van der Waals surface area contributed by atoms with E-state index in [9.17, 15) is 14.7 Å². The normalized spacial score (nSPS) is 17.5. The number of carbonyl (C=O) groups is 2. The fourth-order valence-corrected chi connectivity index (χ4v) is 6.58. The van der Waals surface area contributed by atoms with Crippen LogP contribution in [0.25, 0.3) is 0 Å². The van der Waals surface area contributed by atoms with Crippen LogP contribution in [0.3, 0.4) is 0 Å². The third-order valence-electron chi connectivity index (χ3n) is 9.08. The Kier molecular flexibility index (Phi) is 15.8. The molecule has 0 amide bonds. The van der Waals surface area contributed by atoms with Crippen molar-refractivity contribution in [2.24, 2.45) is 22.4 Å². The predicted molar refractivity (Wildman–Crippen MR) is 177 cm³/mol. The highest BCUT2D eigenvalue weighted by Gasteiger charge is 2.30. The number of guanidine groups is 1. The first-order valence-corrected chi connectivity index (χ1v) is 17.1. The lowest BCUT2D eigenvalue weighted by Gasteiger charge is -2.31. The van der Waals surface area contributed by atoms with E-state index in [0.717, 1.165) is 75.3 Å². The second kappa shape index (κ2) is 19.5. The van der Waals surface area contributed by atoms with E-state index in [4.69, 9.17) is 20.9 Å². The summed E-state index contributed by atoms with van der Waals surface area (Å²) in [5.74, 6) is 0.834. The minimum atomic E-state index is -0.132. The van der Waals surface area contributed by atoms with Crippen molar-refractivity contribution in [2.75, 3.05) is 13.2 Å². The number of aryl methyl sites for hydroxylation is 1. The molecule has 0 heterocycles. The number of benzene rings is 1. The first-order chi connectivity index (χ1) is 21.3. The van der Waals surface area contributed by atoms with E-state index in [2.05, 4.69) is 11.9 Å². The summed E-state index contributed by atoms with van der Waals surface area (Å²) in [5, 5.41) is 11.8. The van der Waals surface area contributed by atoms with Gasteiger partial charge in [-0.2, -0.15) is 0 Å². The molecule has 1 aromatic rings. The number of phenolic OH excluding ortho intramolecular Hbond substituents is 1. The van der Waals surface area contributed by atoms with Gasteiger partial charge in [0.1, 0.15) is 5.78 Å². The molecule has 0 saturated heterocycles. The Morgan fingerprint density at radius 3 is 2.41 bits per heavy atom. The van der Waals surface area contributed by atoms with Crippen LogP contribution >= 0.6 is 0 Å². The number of Topliss-reactive ketones (excluding diaryl/α,β-unsaturated/α-hetero) is 1. The molecule has 8 heteroatoms. The first kappa shape index (κ1) is 35.6. The van der Waals surface area contributed by atoms with Crippen LogP contribution in [0.15, 0.2) is 29.3 Å². The van der Waals surface area contributed by atoms with Gasteiger partial charge < -0.3 is 30.8 Å². The number of carbonyl (C=O) groups excluding carboxylic acids is 2. The van der Waals surface area contributed by atoms with Crippen molar-refractivity contribution < 1.29 is 24.2 Å². The first-order valence-electron chi connectivity index (χ1n) is 17.1. The van der Waals surface area contributed by atoms with Crippen LogP contribution in [0.5, 0.6) is 11.5 Å². The number of unbranched alkanes of at least 4 members (excludes halogenated alkanes) is 1. The molecule has 0 aliphatic heterocycles. The standard InChI is InChI=1S/C36H57N3O5/c1-3-4-6-13-29(41)20-19-27-23-33(35(42)34(24-27)44-31-16-9-10-17-31)32(21-18-26(2)40)28(12-11-22-39-36(37)38)25-43-30-14-7-5-8-15-30/h6,13,23-24,28,30-32,42H,3-5,7-12,14-22,25H2,1-2H3,(H4,37,38,39)/t28-,32-/m1/s1. The largest absolute Gasteiger partial charge is 0.504 e. The molecule has 0 radical (unpaired) electrons. The molecular formula is C36H57N3O5. The fraction of sp³-hybridized carbons (Fsp3) is 0.694. The summed E-state index contributed by atoms with van der Waals surface area (Å²) in [5.41, 5.74) is 12.9. The molecule has 0 unspecified atom stereocenters. The predicted octanol–water partition coefficient (Wildman–Crippen LogP) is 7.04. The van der Waals surface area contributed by atoms with Gasteiger partial charge in [-0.25, -0.2) is 0 Å². The second-order valence-corrected chi connectivity index (χ2v) is 12.9. The van der Waals surface area contributed by atoms with Gasteiger partial charge in [0.25, 0.3) is 0 Å². The number of allylic oxidation sites excluding steroid dienone is 2. The molecule has 3 rings (SSSR count). The van der Waals surface area contributed by atoms with Gasteiger partial charge in [-0.15, -0.1) is 0 Å². The van der Waals surface area contributed by atoms with Crippen LogP contribution in [0.4, 0.5) is 0 Å². The number of nitrogens with zero attached hydrogens (tertiary/aromatic N) is 1. The average molecular weight is 612 g/mol. The van der Waals surface area contributed by atoms with E-state index in [1.165, 1.54) is 19.3 Å². The lowest BCUT2D eigenvalue weighted by molar-refractivity contribution is -0.117. The molecule has 44 heavy (non-hydrogen) atoms. The van der Waals surface area contributed by atoms with E-state index in [-0.39, 0.29) is 47.3 Å². The van der Waals surface area contributed by atoms with E-state index in [1.807, 2.05) is 18.2 Å². The summed E-state index contributed by atoms with van der Waals surface area (Å²) < 4.78 is 12.9. The SMILES string of the molecule is CCCC=CC(=O)CCc1cc(OC2CCCC2)c(O)c([C@H](CCC(C)=O)[C@H](CCCN=C(N)N)COC2CCCCC2)c1. The smallest absolute Gasteiger partial charge is 0.185 e. The van der Waals surface area contributed by atoms with Crippen molar-refractivity contribution in [3.63, 3.8) is 0 Å². The van der Waals surface area contributed by atoms with Crippen LogP contribution in [0.1, 0.15) is 134 Å². The molecule has 1 aromatic carbocycles. The minimum Gasteiger partial charge on any atom is -0.504 e. The Labute approximate surface area is 265 Å². The Balaban J connectivity index is 1.95. The van der Waals surface area contributed by atoms with Gasteiger partial charge in [-0.3, -0.25) is 9.79 Å². The van der Waals surface area contributed by atoms with E-state index in [0.29, 0.717) is 44.6 Å². The maximum atomic E-state index is 12.6. The molecule has 2 fully saturated rings. The van der Waals surface area contributed by atoms with Crippen LogP contribution in [-0.2, 0) is 20.7 Å². The van der Waals surface area contributed by atoms with Gasteiger partial charge in [0.05, 0.1) is 18.8 Å². The molecule has 2 saturated carbocycles. The summed E-state index contributed by atoms with van der Waals surface area (Å²) in [6.07, 6.45) is 19.3. The van der Waals surface area contributed by atoms with Crippen LogP contribution in [-0.4, -0.2) is 48.0 Å². The zero-order valence-electron chi connectivity index (χ0n) is 27.2. The summed E-state index contributed by atoms with van der Waals surface area (Å²) >= 11 is 0. The number of rotatable bonds is 20. The van der Waals surface area contributed by atoms with Crippen molar-refractivity contribution in [3.8, 4) is 11.5 Å². The molecular weight excluding hydrogens is 554 g/mol. The maximum absolute atomic E-state index is 12.6. The van der Waals surface area contributed by atoms with Crippen molar-refractivity contribution >= 4 is 17.5 Å². The lowest BCUT2D eigenvalue weighted by atomic mass is 9.79. The fourth-order valence-electron chi connectivity index (χ4n) is 6.58. The molecule has 246 valence electrons. The van der Waals surface area contributed by atoms with Gasteiger partial charge >= 0.3 is 0 Å². The zero-order chi connectivity index (χ0) is 31.7. The Morgan fingerprint density at radius 1 is 1.02 bits per heavy atom. The number of aromatic hydroxyl groups is 1. The summed E-state index contributed by atoms with van der Waals surface area (Å²) in [4.78, 5) is 29.1. The third-order valence-corrected chi connectivity index (χ3v) is 9.08. The topological polar surface area (TPSA) is 137 Å². The Morgan fingerprint density at radius 2 is 1.73 bits per heavy atom. The molecule has 0 aromatic heterocycles. The quantitative estimate of drug-likeness (QED) is 0.0622. The van der Waals surface area contributed by atoms with Crippen LogP contribution in [0.2, 0.25) is 0 Å². The molecule has 0 bridgehead atoms. The van der Waals surface area contributed by atoms with Crippen LogP contribution < -0.4 is 16.2 Å². The number of hydrogen-bond acceptors (Lipinski definition) is 6. The highest BCUT2D eigenvalue weighted by atomic mass is 16.5. The minimum absolute atomic E-state index is 0.0459. The molecule has 2 aliphatic carbocycles. The summed E-state index contributed by atoms with van der Waals surface area (Å²) in [7, 11) is 0. The molecule has 2 atom stereocenters.